The zero-order valence-electron chi connectivity index (χ0n) is 20.9. The summed E-state index contributed by atoms with van der Waals surface area (Å²) in [5, 5.41) is 2.81. The van der Waals surface area contributed by atoms with Gasteiger partial charge in [0.05, 0.1) is 24.4 Å². The molecule has 1 heterocycles. The van der Waals surface area contributed by atoms with Gasteiger partial charge in [0.2, 0.25) is 17.8 Å². The molecule has 0 atom stereocenters. The van der Waals surface area contributed by atoms with E-state index in [1.807, 2.05) is 60.7 Å². The van der Waals surface area contributed by atoms with Crippen LogP contribution in [-0.2, 0) is 20.7 Å². The molecule has 0 radical (unpaired) electrons. The molecule has 0 bridgehead atoms. The second-order valence-electron chi connectivity index (χ2n) is 8.64. The van der Waals surface area contributed by atoms with E-state index in [1.54, 1.807) is 36.9 Å². The number of ether oxygens (including phenoxy) is 1. The number of methoxy groups -OCH3 is 1. The van der Waals surface area contributed by atoms with Gasteiger partial charge in [0.25, 0.3) is 0 Å². The van der Waals surface area contributed by atoms with E-state index in [2.05, 4.69) is 10.3 Å². The van der Waals surface area contributed by atoms with Gasteiger partial charge < -0.3 is 9.64 Å². The second-order valence-corrected chi connectivity index (χ2v) is 8.64. The Morgan fingerprint density at radius 2 is 1.73 bits per heavy atom. The van der Waals surface area contributed by atoms with Gasteiger partial charge in [-0.15, -0.1) is 0 Å². The van der Waals surface area contributed by atoms with Gasteiger partial charge in [-0.1, -0.05) is 66.7 Å². The molecule has 0 aliphatic heterocycles. The predicted molar refractivity (Wildman–Crippen MR) is 141 cm³/mol. The molecule has 0 aliphatic rings. The van der Waals surface area contributed by atoms with Crippen molar-refractivity contribution in [2.45, 2.75) is 13.3 Å². The molecule has 1 N–H and O–H groups in total. The van der Waals surface area contributed by atoms with Crippen LogP contribution in [0.1, 0.15) is 11.1 Å². The van der Waals surface area contributed by atoms with Gasteiger partial charge in [-0.3, -0.25) is 19.5 Å². The molecule has 0 aliphatic carbocycles. The molecule has 0 spiro atoms. The quantitative estimate of drug-likeness (QED) is 0.344. The number of aryl methyl sites for hydroxylation is 1. The van der Waals surface area contributed by atoms with E-state index in [9.17, 15) is 14.0 Å². The molecule has 8 heteroatoms. The van der Waals surface area contributed by atoms with Crippen molar-refractivity contribution in [1.29, 1.82) is 0 Å². The van der Waals surface area contributed by atoms with Gasteiger partial charge in [-0.2, -0.15) is 0 Å². The van der Waals surface area contributed by atoms with E-state index in [0.29, 0.717) is 23.6 Å². The third kappa shape index (κ3) is 6.68. The largest absolute Gasteiger partial charge is 0.383 e. The maximum absolute atomic E-state index is 14.4. The van der Waals surface area contributed by atoms with E-state index >= 15 is 0 Å². The SMILES string of the molecule is COCCN(CC(=O)Nc1nc(-c2ccccc2)cn1-c1ccc(C)c(F)c1)C(=O)Cc1ccccc1. The maximum atomic E-state index is 14.4. The highest BCUT2D eigenvalue weighted by molar-refractivity contribution is 5.94. The fraction of sp³-hybridized carbons (Fsp3) is 0.207. The molecule has 4 aromatic rings. The molecule has 1 aromatic heterocycles. The van der Waals surface area contributed by atoms with Crippen molar-refractivity contribution in [1.82, 2.24) is 14.5 Å². The fourth-order valence-corrected chi connectivity index (χ4v) is 3.86. The Hall–Kier alpha value is -4.30. The van der Waals surface area contributed by atoms with Gasteiger partial charge in [-0.25, -0.2) is 9.37 Å². The van der Waals surface area contributed by atoms with Crippen molar-refractivity contribution in [2.24, 2.45) is 0 Å². The zero-order valence-corrected chi connectivity index (χ0v) is 20.9. The highest BCUT2D eigenvalue weighted by atomic mass is 19.1. The van der Waals surface area contributed by atoms with Crippen LogP contribution in [0.5, 0.6) is 0 Å². The van der Waals surface area contributed by atoms with Crippen LogP contribution >= 0.6 is 0 Å². The number of anilines is 1. The molecule has 4 rings (SSSR count). The van der Waals surface area contributed by atoms with Crippen molar-refractivity contribution >= 4 is 17.8 Å². The van der Waals surface area contributed by atoms with Crippen molar-refractivity contribution in [2.75, 3.05) is 32.1 Å². The van der Waals surface area contributed by atoms with E-state index < -0.39 is 5.91 Å². The topological polar surface area (TPSA) is 76.5 Å². The number of halogens is 1. The molecular formula is C29H29FN4O3. The van der Waals surface area contributed by atoms with E-state index in [4.69, 9.17) is 4.74 Å². The summed E-state index contributed by atoms with van der Waals surface area (Å²) < 4.78 is 21.1. The Bertz CT molecular complexity index is 1360. The summed E-state index contributed by atoms with van der Waals surface area (Å²) in [5.74, 6) is -0.736. The predicted octanol–water partition coefficient (Wildman–Crippen LogP) is 4.64. The summed E-state index contributed by atoms with van der Waals surface area (Å²) in [6.45, 7) is 2.07. The molecule has 0 saturated heterocycles. The minimum absolute atomic E-state index is 0.174. The molecular weight excluding hydrogens is 471 g/mol. The molecule has 190 valence electrons. The Morgan fingerprint density at radius 3 is 2.41 bits per heavy atom. The lowest BCUT2D eigenvalue weighted by Gasteiger charge is -2.22. The van der Waals surface area contributed by atoms with E-state index in [-0.39, 0.29) is 37.2 Å². The monoisotopic (exact) mass is 500 g/mol. The first-order valence-electron chi connectivity index (χ1n) is 12.0. The molecule has 0 unspecified atom stereocenters. The molecule has 3 aromatic carbocycles. The van der Waals surface area contributed by atoms with Crippen LogP contribution in [0, 0.1) is 12.7 Å². The minimum atomic E-state index is -0.420. The number of hydrogen-bond donors (Lipinski definition) is 1. The number of aromatic nitrogens is 2. The molecule has 7 nitrogen and oxygen atoms in total. The number of imidazole rings is 1. The van der Waals surface area contributed by atoms with E-state index in [0.717, 1.165) is 11.1 Å². The van der Waals surface area contributed by atoms with Crippen LogP contribution in [-0.4, -0.2) is 53.1 Å². The lowest BCUT2D eigenvalue weighted by atomic mass is 10.1. The standard InChI is InChI=1S/C29H29FN4O3/c1-21-13-14-24(18-25(21)30)34-19-26(23-11-7-4-8-12-23)31-29(34)32-27(35)20-33(15-16-37-2)28(36)17-22-9-5-3-6-10-22/h3-14,18-19H,15-17,20H2,1-2H3,(H,31,32,35). The normalized spacial score (nSPS) is 10.8. The van der Waals surface area contributed by atoms with Gasteiger partial charge >= 0.3 is 0 Å². The third-order valence-electron chi connectivity index (χ3n) is 5.91. The van der Waals surface area contributed by atoms with Gasteiger partial charge in [0.15, 0.2) is 0 Å². The first kappa shape index (κ1) is 25.8. The zero-order chi connectivity index (χ0) is 26.2. The van der Waals surface area contributed by atoms with Crippen LogP contribution in [0.25, 0.3) is 16.9 Å². The molecule has 0 saturated carbocycles. The van der Waals surface area contributed by atoms with Gasteiger partial charge in [-0.05, 0) is 30.2 Å². The first-order valence-corrected chi connectivity index (χ1v) is 12.0. The van der Waals surface area contributed by atoms with Crippen LogP contribution in [0.4, 0.5) is 10.3 Å². The van der Waals surface area contributed by atoms with E-state index in [1.165, 1.54) is 11.0 Å². The van der Waals surface area contributed by atoms with Crippen LogP contribution < -0.4 is 5.32 Å². The maximum Gasteiger partial charge on any atom is 0.246 e. The summed E-state index contributed by atoms with van der Waals surface area (Å²) in [5.41, 5.74) is 3.37. The number of amides is 2. The third-order valence-corrected chi connectivity index (χ3v) is 5.91. The van der Waals surface area contributed by atoms with Crippen molar-refractivity contribution in [3.8, 4) is 16.9 Å². The summed E-state index contributed by atoms with van der Waals surface area (Å²) >= 11 is 0. The number of nitrogens with one attached hydrogen (secondary N) is 1. The van der Waals surface area contributed by atoms with Gasteiger partial charge in [0.1, 0.15) is 12.4 Å². The average molecular weight is 501 g/mol. The summed E-state index contributed by atoms with van der Waals surface area (Å²) in [4.78, 5) is 32.2. The van der Waals surface area contributed by atoms with Gasteiger partial charge in [0, 0.05) is 25.4 Å². The summed E-state index contributed by atoms with van der Waals surface area (Å²) in [7, 11) is 1.54. The number of rotatable bonds is 10. The number of benzene rings is 3. The summed E-state index contributed by atoms with van der Waals surface area (Å²) in [6, 6.07) is 23.7. The number of nitrogens with zero attached hydrogens (tertiary/aromatic N) is 3. The number of hydrogen-bond acceptors (Lipinski definition) is 4. The Morgan fingerprint density at radius 1 is 1.03 bits per heavy atom. The molecule has 0 fully saturated rings. The lowest BCUT2D eigenvalue weighted by Crippen LogP contribution is -2.41. The Balaban J connectivity index is 1.58. The molecule has 37 heavy (non-hydrogen) atoms. The van der Waals surface area contributed by atoms with Crippen LogP contribution in [0.3, 0.4) is 0 Å². The minimum Gasteiger partial charge on any atom is -0.383 e. The average Bonchev–Trinajstić information content (AvgIpc) is 3.32. The lowest BCUT2D eigenvalue weighted by molar-refractivity contribution is -0.134. The highest BCUT2D eigenvalue weighted by Gasteiger charge is 2.20. The number of carbonyl (C=O) groups is 2. The van der Waals surface area contributed by atoms with Crippen molar-refractivity contribution < 1.29 is 18.7 Å². The second kappa shape index (κ2) is 12.1. The Kier molecular flexibility index (Phi) is 8.43. The molecule has 2 amide bonds. The van der Waals surface area contributed by atoms with Crippen molar-refractivity contribution in [3.05, 3.63) is 102 Å². The van der Waals surface area contributed by atoms with Crippen LogP contribution in [0.2, 0.25) is 0 Å². The van der Waals surface area contributed by atoms with Crippen LogP contribution in [0.15, 0.2) is 85.1 Å². The fourth-order valence-electron chi connectivity index (χ4n) is 3.86. The first-order chi connectivity index (χ1) is 17.9. The summed E-state index contributed by atoms with van der Waals surface area (Å²) in [6.07, 6.45) is 1.92. The Labute approximate surface area is 215 Å². The highest BCUT2D eigenvalue weighted by Crippen LogP contribution is 2.25. The smallest absolute Gasteiger partial charge is 0.246 e. The van der Waals surface area contributed by atoms with Crippen molar-refractivity contribution in [3.63, 3.8) is 0 Å². The number of carbonyl (C=O) groups excluding carboxylic acids is 2.